The molecule has 23 heavy (non-hydrogen) atoms. The fourth-order valence-electron chi connectivity index (χ4n) is 3.00. The summed E-state index contributed by atoms with van der Waals surface area (Å²) in [5.41, 5.74) is 3.11. The summed E-state index contributed by atoms with van der Waals surface area (Å²) < 4.78 is 5.49. The quantitative estimate of drug-likeness (QED) is 0.884. The smallest absolute Gasteiger partial charge is 0.223 e. The van der Waals surface area contributed by atoms with Gasteiger partial charge < -0.3 is 15.0 Å². The van der Waals surface area contributed by atoms with Gasteiger partial charge in [-0.2, -0.15) is 0 Å². The maximum Gasteiger partial charge on any atom is 0.223 e. The van der Waals surface area contributed by atoms with Gasteiger partial charge >= 0.3 is 0 Å². The van der Waals surface area contributed by atoms with Gasteiger partial charge in [0.15, 0.2) is 0 Å². The molecular formula is C17H22N4O2. The number of H-pyrrole nitrogens is 1. The van der Waals surface area contributed by atoms with Crippen LogP contribution in [0, 0.1) is 12.8 Å². The van der Waals surface area contributed by atoms with Crippen LogP contribution in [0.3, 0.4) is 0 Å². The Morgan fingerprint density at radius 3 is 3.22 bits per heavy atom. The summed E-state index contributed by atoms with van der Waals surface area (Å²) in [7, 11) is 0. The Morgan fingerprint density at radius 2 is 2.39 bits per heavy atom. The van der Waals surface area contributed by atoms with E-state index in [-0.39, 0.29) is 11.8 Å². The lowest BCUT2D eigenvalue weighted by atomic mass is 9.89. The lowest BCUT2D eigenvalue weighted by molar-refractivity contribution is -0.125. The zero-order valence-corrected chi connectivity index (χ0v) is 13.6. The lowest BCUT2D eigenvalue weighted by Crippen LogP contribution is -2.33. The molecule has 2 aromatic rings. The molecule has 1 aliphatic rings. The monoisotopic (exact) mass is 314 g/mol. The molecule has 1 amide bonds. The van der Waals surface area contributed by atoms with Gasteiger partial charge in [0, 0.05) is 36.3 Å². The number of aromatic nitrogens is 3. The van der Waals surface area contributed by atoms with Crippen molar-refractivity contribution < 1.29 is 9.53 Å². The highest BCUT2D eigenvalue weighted by molar-refractivity contribution is 5.79. The topological polar surface area (TPSA) is 79.9 Å². The Balaban J connectivity index is 1.60. The van der Waals surface area contributed by atoms with Crippen molar-refractivity contribution in [1.29, 1.82) is 0 Å². The van der Waals surface area contributed by atoms with Crippen LogP contribution in [0.25, 0.3) is 0 Å². The Kier molecular flexibility index (Phi) is 4.60. The second-order valence-electron chi connectivity index (χ2n) is 5.81. The Morgan fingerprint density at radius 1 is 1.52 bits per heavy atom. The third-order valence-corrected chi connectivity index (χ3v) is 4.12. The molecule has 6 nitrogen and oxygen atoms in total. The van der Waals surface area contributed by atoms with Gasteiger partial charge in [0.2, 0.25) is 11.8 Å². The van der Waals surface area contributed by atoms with Crippen LogP contribution in [0.2, 0.25) is 0 Å². The molecule has 0 saturated heterocycles. The molecule has 1 aliphatic carbocycles. The van der Waals surface area contributed by atoms with Crippen LogP contribution in [0.15, 0.2) is 18.3 Å². The zero-order chi connectivity index (χ0) is 16.2. The predicted octanol–water partition coefficient (Wildman–Crippen LogP) is 1.93. The summed E-state index contributed by atoms with van der Waals surface area (Å²) in [4.78, 5) is 24.4. The highest BCUT2D eigenvalue weighted by atomic mass is 16.5. The summed E-state index contributed by atoms with van der Waals surface area (Å²) in [6.07, 6.45) is 4.12. The molecule has 0 unspecified atom stereocenters. The second kappa shape index (κ2) is 6.81. The molecule has 0 spiro atoms. The fourth-order valence-corrected chi connectivity index (χ4v) is 3.00. The highest BCUT2D eigenvalue weighted by Gasteiger charge is 2.26. The third-order valence-electron chi connectivity index (χ3n) is 4.12. The minimum Gasteiger partial charge on any atom is -0.478 e. The van der Waals surface area contributed by atoms with Gasteiger partial charge in [-0.05, 0) is 32.8 Å². The zero-order valence-electron chi connectivity index (χ0n) is 13.6. The largest absolute Gasteiger partial charge is 0.478 e. The molecule has 0 fully saturated rings. The first-order chi connectivity index (χ1) is 11.2. The van der Waals surface area contributed by atoms with Crippen molar-refractivity contribution in [2.24, 2.45) is 5.92 Å². The number of aryl methyl sites for hydroxylation is 2. The Labute approximate surface area is 135 Å². The average molecular weight is 314 g/mol. The number of carbonyl (C=O) groups is 1. The van der Waals surface area contributed by atoms with Crippen molar-refractivity contribution in [2.75, 3.05) is 6.61 Å². The van der Waals surface area contributed by atoms with Crippen LogP contribution in [0.1, 0.15) is 36.1 Å². The summed E-state index contributed by atoms with van der Waals surface area (Å²) in [6.45, 7) is 4.87. The molecule has 2 N–H and O–H groups in total. The molecule has 0 bridgehead atoms. The van der Waals surface area contributed by atoms with Crippen LogP contribution >= 0.6 is 0 Å². The summed E-state index contributed by atoms with van der Waals surface area (Å²) >= 11 is 0. The van der Waals surface area contributed by atoms with Crippen molar-refractivity contribution in [1.82, 2.24) is 20.3 Å². The van der Waals surface area contributed by atoms with Crippen LogP contribution in [-0.2, 0) is 24.2 Å². The maximum atomic E-state index is 12.5. The molecular weight excluding hydrogens is 292 g/mol. The molecule has 2 heterocycles. The number of hydrogen-bond donors (Lipinski definition) is 2. The standard InChI is InChI=1S/C17H22N4O2/c1-3-23-17-13(5-4-8-18-17)10-19-16(22)12-6-7-14-15(9-12)21-11(2)20-14/h4-5,8,12H,3,6-7,9-10H2,1-2H3,(H,19,22)(H,20,21)/t12-/m1/s1. The molecule has 3 rings (SSSR count). The van der Waals surface area contributed by atoms with E-state index < -0.39 is 0 Å². The Hall–Kier alpha value is -2.37. The van der Waals surface area contributed by atoms with E-state index in [1.54, 1.807) is 6.20 Å². The van der Waals surface area contributed by atoms with Gasteiger partial charge in [0.05, 0.1) is 12.3 Å². The number of fused-ring (bicyclic) bond motifs is 1. The number of carbonyl (C=O) groups excluding carboxylic acids is 1. The fraction of sp³-hybridized carbons (Fsp3) is 0.471. The minimum atomic E-state index is -0.00503. The summed E-state index contributed by atoms with van der Waals surface area (Å²) in [6, 6.07) is 3.78. The van der Waals surface area contributed by atoms with Crippen molar-refractivity contribution in [3.8, 4) is 5.88 Å². The van der Waals surface area contributed by atoms with Crippen LogP contribution < -0.4 is 10.1 Å². The van der Waals surface area contributed by atoms with E-state index in [2.05, 4.69) is 20.3 Å². The number of nitrogens with zero attached hydrogens (tertiary/aromatic N) is 2. The number of ether oxygens (including phenoxy) is 1. The van der Waals surface area contributed by atoms with E-state index in [4.69, 9.17) is 4.74 Å². The molecule has 0 aromatic carbocycles. The van der Waals surface area contributed by atoms with E-state index in [1.807, 2.05) is 26.0 Å². The first-order valence-electron chi connectivity index (χ1n) is 8.06. The SMILES string of the molecule is CCOc1ncccc1CNC(=O)[C@@H]1CCc2nc(C)[nH]c2C1. The van der Waals surface area contributed by atoms with E-state index in [0.717, 1.165) is 42.0 Å². The van der Waals surface area contributed by atoms with Gasteiger partial charge in [-0.3, -0.25) is 4.79 Å². The van der Waals surface area contributed by atoms with Crippen LogP contribution in [0.4, 0.5) is 0 Å². The maximum absolute atomic E-state index is 12.5. The first-order valence-corrected chi connectivity index (χ1v) is 8.06. The number of hydrogen-bond acceptors (Lipinski definition) is 4. The number of aromatic amines is 1. The molecule has 0 aliphatic heterocycles. The molecule has 122 valence electrons. The van der Waals surface area contributed by atoms with Gasteiger partial charge in [0.25, 0.3) is 0 Å². The van der Waals surface area contributed by atoms with E-state index >= 15 is 0 Å². The summed E-state index contributed by atoms with van der Waals surface area (Å²) in [5, 5.41) is 3.01. The minimum absolute atomic E-state index is 0.00503. The normalized spacial score (nSPS) is 16.7. The summed E-state index contributed by atoms with van der Waals surface area (Å²) in [5.74, 6) is 1.59. The molecule has 1 atom stereocenters. The number of pyridine rings is 1. The molecule has 6 heteroatoms. The van der Waals surface area contributed by atoms with Crippen molar-refractivity contribution >= 4 is 5.91 Å². The first kappa shape index (κ1) is 15.5. The average Bonchev–Trinajstić information content (AvgIpc) is 2.93. The third kappa shape index (κ3) is 3.52. The van der Waals surface area contributed by atoms with E-state index in [9.17, 15) is 4.79 Å². The molecule has 0 saturated carbocycles. The van der Waals surface area contributed by atoms with Crippen LogP contribution in [0.5, 0.6) is 5.88 Å². The van der Waals surface area contributed by atoms with Gasteiger partial charge in [-0.25, -0.2) is 9.97 Å². The van der Waals surface area contributed by atoms with Crippen LogP contribution in [-0.4, -0.2) is 27.5 Å². The van der Waals surface area contributed by atoms with Crippen molar-refractivity contribution in [3.05, 3.63) is 41.1 Å². The van der Waals surface area contributed by atoms with Gasteiger partial charge in [0.1, 0.15) is 5.82 Å². The highest BCUT2D eigenvalue weighted by Crippen LogP contribution is 2.24. The number of rotatable bonds is 5. The molecule has 2 aromatic heterocycles. The van der Waals surface area contributed by atoms with Gasteiger partial charge in [-0.15, -0.1) is 0 Å². The number of nitrogens with one attached hydrogen (secondary N) is 2. The van der Waals surface area contributed by atoms with Crippen molar-refractivity contribution in [3.63, 3.8) is 0 Å². The number of imidazole rings is 1. The Bertz CT molecular complexity index is 696. The molecule has 0 radical (unpaired) electrons. The number of amides is 1. The van der Waals surface area contributed by atoms with E-state index in [0.29, 0.717) is 19.0 Å². The lowest BCUT2D eigenvalue weighted by Gasteiger charge is -2.20. The van der Waals surface area contributed by atoms with Gasteiger partial charge in [-0.1, -0.05) is 6.07 Å². The predicted molar refractivity (Wildman–Crippen MR) is 86.1 cm³/mol. The second-order valence-corrected chi connectivity index (χ2v) is 5.81. The van der Waals surface area contributed by atoms with Crippen molar-refractivity contribution in [2.45, 2.75) is 39.7 Å². The van der Waals surface area contributed by atoms with E-state index in [1.165, 1.54) is 0 Å².